The second kappa shape index (κ2) is 12.5. The number of amides is 1. The third kappa shape index (κ3) is 8.10. The Balaban J connectivity index is 1.78. The highest BCUT2D eigenvalue weighted by Gasteiger charge is 2.21. The Morgan fingerprint density at radius 3 is 2.46 bits per heavy atom. The zero-order valence-corrected chi connectivity index (χ0v) is 18.5. The molecule has 0 radical (unpaired) electrons. The number of anilines is 1. The Kier molecular flexibility index (Phi) is 10.3. The number of halogens is 2. The normalized spacial score (nSPS) is 16.0. The fourth-order valence-corrected chi connectivity index (χ4v) is 4.14. The molecule has 1 atom stereocenters. The van der Waals surface area contributed by atoms with Crippen molar-refractivity contribution in [3.63, 3.8) is 0 Å². The number of carboxylic acid groups (broad SMARTS) is 1. The lowest BCUT2D eigenvalue weighted by Gasteiger charge is -2.25. The first-order valence-electron chi connectivity index (χ1n) is 9.62. The maximum absolute atomic E-state index is 11.5. The van der Waals surface area contributed by atoms with E-state index in [-0.39, 0.29) is 12.6 Å². The molecule has 2 rings (SSSR count). The van der Waals surface area contributed by atoms with Crippen LogP contribution in [0.3, 0.4) is 0 Å². The standard InChI is InChI=1S/C20H28Cl2N2O3S/c1-28-9-7-5-3-2-4-6-8-17-14-27-19(23-17)13-24(20(25)26)18-11-15(21)10-16(22)12-18/h10-12,17H,2-9,13-14H2,1H3,(H,25,26)/p-1. The average molecular weight is 446 g/mol. The summed E-state index contributed by atoms with van der Waals surface area (Å²) in [4.78, 5) is 17.1. The highest BCUT2D eigenvalue weighted by Crippen LogP contribution is 2.26. The number of nitrogens with zero attached hydrogens (tertiary/aromatic N) is 2. The van der Waals surface area contributed by atoms with Gasteiger partial charge < -0.3 is 19.5 Å². The quantitative estimate of drug-likeness (QED) is 0.422. The summed E-state index contributed by atoms with van der Waals surface area (Å²) in [5.74, 6) is 1.66. The fourth-order valence-electron chi connectivity index (χ4n) is 3.13. The van der Waals surface area contributed by atoms with E-state index in [0.29, 0.717) is 28.2 Å². The number of ether oxygens (including phenoxy) is 1. The van der Waals surface area contributed by atoms with E-state index in [1.807, 2.05) is 11.8 Å². The van der Waals surface area contributed by atoms with Crippen molar-refractivity contribution in [3.05, 3.63) is 28.2 Å². The fraction of sp³-hybridized carbons (Fsp3) is 0.600. The van der Waals surface area contributed by atoms with Crippen molar-refractivity contribution in [3.8, 4) is 0 Å². The van der Waals surface area contributed by atoms with Crippen LogP contribution in [0.25, 0.3) is 0 Å². The van der Waals surface area contributed by atoms with Crippen LogP contribution in [0, 0.1) is 0 Å². The average Bonchev–Trinajstić information content (AvgIpc) is 3.08. The van der Waals surface area contributed by atoms with Crippen molar-refractivity contribution in [2.45, 2.75) is 51.0 Å². The highest BCUT2D eigenvalue weighted by atomic mass is 35.5. The summed E-state index contributed by atoms with van der Waals surface area (Å²) in [6.45, 7) is 0.491. The summed E-state index contributed by atoms with van der Waals surface area (Å²) in [7, 11) is 0. The number of thioether (sulfide) groups is 1. The smallest absolute Gasteiger partial charge is 0.204 e. The molecule has 28 heavy (non-hydrogen) atoms. The molecule has 0 aromatic heterocycles. The van der Waals surface area contributed by atoms with Gasteiger partial charge in [0.15, 0.2) is 0 Å². The maximum Gasteiger partial charge on any atom is 0.204 e. The zero-order chi connectivity index (χ0) is 20.4. The second-order valence-corrected chi connectivity index (χ2v) is 8.73. The first kappa shape index (κ1) is 23.2. The van der Waals surface area contributed by atoms with Crippen LogP contribution >= 0.6 is 35.0 Å². The van der Waals surface area contributed by atoms with E-state index in [9.17, 15) is 9.90 Å². The molecule has 0 saturated heterocycles. The summed E-state index contributed by atoms with van der Waals surface area (Å²) in [5, 5.41) is 12.3. The number of hydrogen-bond donors (Lipinski definition) is 0. The Bertz CT molecular complexity index is 653. The van der Waals surface area contributed by atoms with E-state index in [0.717, 1.165) is 17.7 Å². The van der Waals surface area contributed by atoms with Crippen LogP contribution < -0.4 is 10.0 Å². The number of hydrogen-bond acceptors (Lipinski definition) is 5. The molecule has 156 valence electrons. The molecule has 0 bridgehead atoms. The molecule has 1 aromatic rings. The topological polar surface area (TPSA) is 65.0 Å². The van der Waals surface area contributed by atoms with Gasteiger partial charge in [0, 0.05) is 15.7 Å². The Hall–Kier alpha value is -1.11. The minimum atomic E-state index is -1.35. The van der Waals surface area contributed by atoms with Crippen LogP contribution in [-0.2, 0) is 4.74 Å². The van der Waals surface area contributed by atoms with Crippen molar-refractivity contribution in [2.24, 2.45) is 4.99 Å². The van der Waals surface area contributed by atoms with Crippen molar-refractivity contribution in [1.82, 2.24) is 0 Å². The van der Waals surface area contributed by atoms with E-state index in [2.05, 4.69) is 11.2 Å². The van der Waals surface area contributed by atoms with Crippen LogP contribution in [0.1, 0.15) is 44.9 Å². The molecule has 1 aliphatic heterocycles. The van der Waals surface area contributed by atoms with E-state index >= 15 is 0 Å². The summed E-state index contributed by atoms with van der Waals surface area (Å²) in [5.41, 5.74) is 0.341. The first-order valence-corrected chi connectivity index (χ1v) is 11.8. The van der Waals surface area contributed by atoms with Crippen LogP contribution in [0.4, 0.5) is 10.5 Å². The Morgan fingerprint density at radius 2 is 1.82 bits per heavy atom. The number of rotatable bonds is 12. The number of aliphatic imine (C=N–C) groups is 1. The molecule has 0 fully saturated rings. The molecule has 0 spiro atoms. The molecular formula is C20H27Cl2N2O3S-. The van der Waals surface area contributed by atoms with Crippen molar-refractivity contribution >= 4 is 52.6 Å². The predicted molar refractivity (Wildman–Crippen MR) is 117 cm³/mol. The summed E-state index contributed by atoms with van der Waals surface area (Å²) < 4.78 is 5.60. The lowest BCUT2D eigenvalue weighted by molar-refractivity contribution is -0.246. The molecule has 1 aromatic carbocycles. The van der Waals surface area contributed by atoms with E-state index in [1.165, 1.54) is 50.0 Å². The van der Waals surface area contributed by atoms with E-state index in [1.54, 1.807) is 6.07 Å². The molecule has 1 unspecified atom stereocenters. The van der Waals surface area contributed by atoms with Gasteiger partial charge in [0.1, 0.15) is 19.2 Å². The molecule has 8 heteroatoms. The van der Waals surface area contributed by atoms with Gasteiger partial charge in [-0.3, -0.25) is 0 Å². The summed E-state index contributed by atoms with van der Waals surface area (Å²) >= 11 is 13.8. The largest absolute Gasteiger partial charge is 0.530 e. The van der Waals surface area contributed by atoms with Crippen molar-refractivity contribution < 1.29 is 14.6 Å². The lowest BCUT2D eigenvalue weighted by atomic mass is 10.1. The number of benzene rings is 1. The zero-order valence-electron chi connectivity index (χ0n) is 16.2. The molecular weight excluding hydrogens is 419 g/mol. The monoisotopic (exact) mass is 445 g/mol. The van der Waals surface area contributed by atoms with Gasteiger partial charge in [0.25, 0.3) is 0 Å². The highest BCUT2D eigenvalue weighted by molar-refractivity contribution is 7.98. The number of carbonyl (C=O) groups is 1. The molecule has 0 aliphatic carbocycles. The van der Waals surface area contributed by atoms with E-state index < -0.39 is 6.09 Å². The van der Waals surface area contributed by atoms with Crippen LogP contribution in [-0.4, -0.2) is 43.2 Å². The van der Waals surface area contributed by atoms with Crippen molar-refractivity contribution in [2.75, 3.05) is 30.1 Å². The molecule has 1 heterocycles. The van der Waals surface area contributed by atoms with Gasteiger partial charge >= 0.3 is 0 Å². The second-order valence-electron chi connectivity index (χ2n) is 6.87. The van der Waals surface area contributed by atoms with Gasteiger partial charge in [-0.05, 0) is 43.0 Å². The Morgan fingerprint density at radius 1 is 1.18 bits per heavy atom. The molecule has 1 aliphatic rings. The maximum atomic E-state index is 11.5. The molecule has 1 amide bonds. The van der Waals surface area contributed by atoms with Crippen LogP contribution in [0.15, 0.2) is 23.2 Å². The summed E-state index contributed by atoms with van der Waals surface area (Å²) in [6, 6.07) is 4.69. The molecule has 5 nitrogen and oxygen atoms in total. The number of unbranched alkanes of at least 4 members (excludes halogenated alkanes) is 5. The molecule has 0 saturated carbocycles. The van der Waals surface area contributed by atoms with Gasteiger partial charge in [-0.25, -0.2) is 4.99 Å². The van der Waals surface area contributed by atoms with Gasteiger partial charge in [0.2, 0.25) is 5.90 Å². The predicted octanol–water partition coefficient (Wildman–Crippen LogP) is 5.03. The van der Waals surface area contributed by atoms with Gasteiger partial charge in [-0.2, -0.15) is 11.8 Å². The van der Waals surface area contributed by atoms with Crippen LogP contribution in [0.2, 0.25) is 10.0 Å². The van der Waals surface area contributed by atoms with E-state index in [4.69, 9.17) is 27.9 Å². The lowest BCUT2D eigenvalue weighted by Crippen LogP contribution is -2.44. The van der Waals surface area contributed by atoms with Crippen LogP contribution in [0.5, 0.6) is 0 Å². The minimum absolute atomic E-state index is 0.00898. The van der Waals surface area contributed by atoms with Crippen molar-refractivity contribution in [1.29, 1.82) is 0 Å². The summed E-state index contributed by atoms with van der Waals surface area (Å²) in [6.07, 6.45) is 9.23. The SMILES string of the molecule is CSCCCCCCCCC1COC(CN(C(=O)[O-])c2cc(Cl)cc(Cl)c2)=N1. The molecule has 0 N–H and O–H groups in total. The third-order valence-corrected chi connectivity index (χ3v) is 5.71. The van der Waals surface area contributed by atoms with Gasteiger partial charge in [-0.1, -0.05) is 55.3 Å². The third-order valence-electron chi connectivity index (χ3n) is 4.58. The minimum Gasteiger partial charge on any atom is -0.530 e. The van der Waals surface area contributed by atoms with Gasteiger partial charge in [0.05, 0.1) is 6.04 Å². The first-order chi connectivity index (χ1) is 13.5. The Labute approximate surface area is 181 Å². The number of carbonyl (C=O) groups excluding carboxylic acids is 1. The van der Waals surface area contributed by atoms with Gasteiger partial charge in [-0.15, -0.1) is 0 Å².